The summed E-state index contributed by atoms with van der Waals surface area (Å²) in [5.74, 6) is 0.684. The third-order valence-electron chi connectivity index (χ3n) is 4.18. The highest BCUT2D eigenvalue weighted by molar-refractivity contribution is 5.77. The fraction of sp³-hybridized carbons (Fsp3) is 0.412. The molecule has 1 amide bonds. The molecule has 1 aliphatic heterocycles. The van der Waals surface area contributed by atoms with Crippen molar-refractivity contribution in [3.8, 4) is 0 Å². The molecule has 1 aromatic carbocycles. The monoisotopic (exact) mass is 301 g/mol. The summed E-state index contributed by atoms with van der Waals surface area (Å²) in [5, 5.41) is 0. The largest absolute Gasteiger partial charge is 0.344 e. The van der Waals surface area contributed by atoms with Gasteiger partial charge in [0.25, 0.3) is 0 Å². The maximum absolute atomic E-state index is 13.6. The number of amides is 1. The fourth-order valence-electron chi connectivity index (χ4n) is 3.04. The van der Waals surface area contributed by atoms with Gasteiger partial charge in [-0.05, 0) is 37.8 Å². The number of halogens is 1. The predicted molar refractivity (Wildman–Crippen MR) is 81.7 cm³/mol. The zero-order chi connectivity index (χ0) is 15.5. The van der Waals surface area contributed by atoms with E-state index in [1.54, 1.807) is 24.4 Å². The molecule has 116 valence electrons. The van der Waals surface area contributed by atoms with E-state index < -0.39 is 0 Å². The third-order valence-corrected chi connectivity index (χ3v) is 4.18. The lowest BCUT2D eigenvalue weighted by molar-refractivity contribution is -0.132. The number of imidazole rings is 1. The van der Waals surface area contributed by atoms with Crippen LogP contribution in [0.2, 0.25) is 0 Å². The van der Waals surface area contributed by atoms with Crippen LogP contribution < -0.4 is 0 Å². The Morgan fingerprint density at radius 1 is 1.45 bits per heavy atom. The number of nitrogens with zero attached hydrogens (tertiary/aromatic N) is 2. The highest BCUT2D eigenvalue weighted by Gasteiger charge is 2.31. The SMILES string of the molecule is Cc1cnc([C@H]2CCCN2C(=O)CCc2ccccc2F)[nH]1. The molecule has 0 bridgehead atoms. The first-order valence-electron chi connectivity index (χ1n) is 7.69. The lowest BCUT2D eigenvalue weighted by Crippen LogP contribution is -2.31. The van der Waals surface area contributed by atoms with E-state index in [1.807, 2.05) is 11.8 Å². The number of likely N-dealkylation sites (tertiary alicyclic amines) is 1. The molecule has 2 heterocycles. The molecule has 1 fully saturated rings. The summed E-state index contributed by atoms with van der Waals surface area (Å²) in [4.78, 5) is 21.9. The van der Waals surface area contributed by atoms with Gasteiger partial charge in [0.15, 0.2) is 0 Å². The van der Waals surface area contributed by atoms with Crippen LogP contribution in [0.15, 0.2) is 30.5 Å². The number of rotatable bonds is 4. The molecule has 0 saturated carbocycles. The van der Waals surface area contributed by atoms with Crippen LogP contribution in [0.5, 0.6) is 0 Å². The van der Waals surface area contributed by atoms with Gasteiger partial charge < -0.3 is 9.88 Å². The van der Waals surface area contributed by atoms with E-state index in [-0.39, 0.29) is 17.8 Å². The van der Waals surface area contributed by atoms with E-state index >= 15 is 0 Å². The van der Waals surface area contributed by atoms with Gasteiger partial charge in [0.05, 0.1) is 6.04 Å². The summed E-state index contributed by atoms with van der Waals surface area (Å²) in [7, 11) is 0. The summed E-state index contributed by atoms with van der Waals surface area (Å²) in [5.41, 5.74) is 1.60. The minimum atomic E-state index is -0.241. The zero-order valence-electron chi connectivity index (χ0n) is 12.7. The highest BCUT2D eigenvalue weighted by Crippen LogP contribution is 2.30. The second kappa shape index (κ2) is 6.30. The molecule has 0 spiro atoms. The van der Waals surface area contributed by atoms with Crippen molar-refractivity contribution in [3.05, 3.63) is 53.4 Å². The fourth-order valence-corrected chi connectivity index (χ4v) is 3.04. The lowest BCUT2D eigenvalue weighted by Gasteiger charge is -2.23. The van der Waals surface area contributed by atoms with Crippen molar-refractivity contribution in [1.82, 2.24) is 14.9 Å². The van der Waals surface area contributed by atoms with E-state index in [1.165, 1.54) is 6.07 Å². The van der Waals surface area contributed by atoms with E-state index in [0.29, 0.717) is 18.4 Å². The topological polar surface area (TPSA) is 49.0 Å². The minimum absolute atomic E-state index is 0.0295. The molecule has 4 nitrogen and oxygen atoms in total. The summed E-state index contributed by atoms with van der Waals surface area (Å²) in [6, 6.07) is 6.66. The van der Waals surface area contributed by atoms with Crippen LogP contribution in [0.1, 0.15) is 42.4 Å². The van der Waals surface area contributed by atoms with Gasteiger partial charge in [0.2, 0.25) is 5.91 Å². The number of hydrogen-bond acceptors (Lipinski definition) is 2. The highest BCUT2D eigenvalue weighted by atomic mass is 19.1. The van der Waals surface area contributed by atoms with Crippen LogP contribution in [0.25, 0.3) is 0 Å². The second-order valence-electron chi connectivity index (χ2n) is 5.79. The molecule has 0 unspecified atom stereocenters. The second-order valence-corrected chi connectivity index (χ2v) is 5.79. The lowest BCUT2D eigenvalue weighted by atomic mass is 10.1. The van der Waals surface area contributed by atoms with Crippen molar-refractivity contribution >= 4 is 5.91 Å². The first-order chi connectivity index (χ1) is 10.6. The van der Waals surface area contributed by atoms with Gasteiger partial charge >= 0.3 is 0 Å². The number of nitrogens with one attached hydrogen (secondary N) is 1. The van der Waals surface area contributed by atoms with Gasteiger partial charge in [0, 0.05) is 24.9 Å². The number of aromatic amines is 1. The van der Waals surface area contributed by atoms with E-state index in [4.69, 9.17) is 0 Å². The Kier molecular flexibility index (Phi) is 4.22. The Morgan fingerprint density at radius 2 is 2.27 bits per heavy atom. The van der Waals surface area contributed by atoms with Crippen LogP contribution in [-0.2, 0) is 11.2 Å². The van der Waals surface area contributed by atoms with Crippen LogP contribution in [-0.4, -0.2) is 27.3 Å². The van der Waals surface area contributed by atoms with Crippen LogP contribution in [0, 0.1) is 12.7 Å². The maximum atomic E-state index is 13.6. The molecule has 2 aromatic rings. The first kappa shape index (κ1) is 14.8. The standard InChI is InChI=1S/C17H20FN3O/c1-12-11-19-17(20-12)15-7-4-10-21(15)16(22)9-8-13-5-2-3-6-14(13)18/h2-3,5-6,11,15H,4,7-10H2,1H3,(H,19,20)/t15-/m1/s1. The van der Waals surface area contributed by atoms with Gasteiger partial charge in [-0.1, -0.05) is 18.2 Å². The number of H-pyrrole nitrogens is 1. The number of hydrogen-bond donors (Lipinski definition) is 1. The normalized spacial score (nSPS) is 17.9. The smallest absolute Gasteiger partial charge is 0.223 e. The van der Waals surface area contributed by atoms with E-state index in [0.717, 1.165) is 30.9 Å². The molecule has 3 rings (SSSR count). The summed E-state index contributed by atoms with van der Waals surface area (Å²) >= 11 is 0. The van der Waals surface area contributed by atoms with E-state index in [9.17, 15) is 9.18 Å². The summed E-state index contributed by atoms with van der Waals surface area (Å²) in [6.07, 6.45) is 4.47. The third kappa shape index (κ3) is 3.03. The number of benzene rings is 1. The molecule has 22 heavy (non-hydrogen) atoms. The molecule has 1 saturated heterocycles. The predicted octanol–water partition coefficient (Wildman–Crippen LogP) is 3.15. The number of carbonyl (C=O) groups excluding carboxylic acids is 1. The molecular formula is C17H20FN3O. The average molecular weight is 301 g/mol. The minimum Gasteiger partial charge on any atom is -0.344 e. The molecule has 5 heteroatoms. The van der Waals surface area contributed by atoms with E-state index in [2.05, 4.69) is 9.97 Å². The number of aromatic nitrogens is 2. The molecular weight excluding hydrogens is 281 g/mol. The van der Waals surface area contributed by atoms with Gasteiger partial charge in [0.1, 0.15) is 11.6 Å². The average Bonchev–Trinajstić information content (AvgIpc) is 3.14. The van der Waals surface area contributed by atoms with Gasteiger partial charge in [-0.2, -0.15) is 0 Å². The Hall–Kier alpha value is -2.17. The van der Waals surface area contributed by atoms with Crippen molar-refractivity contribution in [2.45, 2.75) is 38.6 Å². The van der Waals surface area contributed by atoms with Crippen molar-refractivity contribution in [3.63, 3.8) is 0 Å². The Balaban J connectivity index is 1.65. The van der Waals surface area contributed by atoms with Crippen molar-refractivity contribution in [1.29, 1.82) is 0 Å². The summed E-state index contributed by atoms with van der Waals surface area (Å²) < 4.78 is 13.6. The quantitative estimate of drug-likeness (QED) is 0.943. The van der Waals surface area contributed by atoms with Crippen LogP contribution in [0.4, 0.5) is 4.39 Å². The molecule has 0 aliphatic carbocycles. The molecule has 1 atom stereocenters. The summed E-state index contributed by atoms with van der Waals surface area (Å²) in [6.45, 7) is 2.70. The Bertz CT molecular complexity index is 667. The van der Waals surface area contributed by atoms with Gasteiger partial charge in [-0.15, -0.1) is 0 Å². The molecule has 0 radical (unpaired) electrons. The number of carbonyl (C=O) groups is 1. The van der Waals surface area contributed by atoms with Gasteiger partial charge in [-0.25, -0.2) is 9.37 Å². The van der Waals surface area contributed by atoms with Crippen molar-refractivity contribution in [2.75, 3.05) is 6.54 Å². The Labute approximate surface area is 129 Å². The van der Waals surface area contributed by atoms with Crippen molar-refractivity contribution in [2.24, 2.45) is 0 Å². The Morgan fingerprint density at radius 3 is 3.00 bits per heavy atom. The first-order valence-corrected chi connectivity index (χ1v) is 7.69. The zero-order valence-corrected chi connectivity index (χ0v) is 12.7. The molecule has 1 N–H and O–H groups in total. The van der Waals surface area contributed by atoms with Gasteiger partial charge in [-0.3, -0.25) is 4.79 Å². The maximum Gasteiger partial charge on any atom is 0.223 e. The van der Waals surface area contributed by atoms with Crippen LogP contribution >= 0.6 is 0 Å². The molecule has 1 aromatic heterocycles. The molecule has 1 aliphatic rings. The van der Waals surface area contributed by atoms with Crippen LogP contribution in [0.3, 0.4) is 0 Å². The van der Waals surface area contributed by atoms with Crippen molar-refractivity contribution < 1.29 is 9.18 Å². The number of aryl methyl sites for hydroxylation is 2.